The topological polar surface area (TPSA) is 66.9 Å². The Hall–Kier alpha value is -3.21. The summed E-state index contributed by atoms with van der Waals surface area (Å²) in [6.45, 7) is 4.22. The maximum atomic E-state index is 11.5. The van der Waals surface area contributed by atoms with E-state index in [0.29, 0.717) is 5.69 Å². The number of anilines is 2. The second kappa shape index (κ2) is 7.37. The molecule has 0 spiro atoms. The van der Waals surface area contributed by atoms with E-state index >= 15 is 0 Å². The summed E-state index contributed by atoms with van der Waals surface area (Å²) in [4.78, 5) is 20.0. The third kappa shape index (κ3) is 3.76. The van der Waals surface area contributed by atoms with Gasteiger partial charge in [0, 0.05) is 17.6 Å². The van der Waals surface area contributed by atoms with E-state index in [4.69, 9.17) is 0 Å². The van der Waals surface area contributed by atoms with E-state index < -0.39 is 0 Å². The van der Waals surface area contributed by atoms with E-state index in [0.717, 1.165) is 29.7 Å². The van der Waals surface area contributed by atoms with Crippen molar-refractivity contribution in [2.45, 2.75) is 6.42 Å². The molecule has 0 aliphatic carbocycles. The summed E-state index contributed by atoms with van der Waals surface area (Å²) in [6.07, 6.45) is 3.68. The lowest BCUT2D eigenvalue weighted by atomic mass is 10.1. The number of nitrogens with one attached hydrogen (secondary N) is 2. The first-order valence-electron chi connectivity index (χ1n) is 7.72. The van der Waals surface area contributed by atoms with Crippen LogP contribution in [0.4, 0.5) is 11.5 Å². The molecule has 5 heteroatoms. The lowest BCUT2D eigenvalue weighted by Gasteiger charge is -2.10. The summed E-state index contributed by atoms with van der Waals surface area (Å²) in [5.74, 6) is 0.510. The van der Waals surface area contributed by atoms with E-state index in [1.807, 2.05) is 36.4 Å². The maximum absolute atomic E-state index is 11.5. The normalized spacial score (nSPS) is 10.3. The molecule has 0 atom stereocenters. The molecule has 0 fully saturated rings. The van der Waals surface area contributed by atoms with Gasteiger partial charge in [-0.3, -0.25) is 4.79 Å². The van der Waals surface area contributed by atoms with Gasteiger partial charge in [0.05, 0.1) is 5.52 Å². The van der Waals surface area contributed by atoms with Crippen LogP contribution >= 0.6 is 0 Å². The van der Waals surface area contributed by atoms with Gasteiger partial charge in [-0.15, -0.1) is 0 Å². The van der Waals surface area contributed by atoms with E-state index in [1.165, 1.54) is 18.0 Å². The minimum absolute atomic E-state index is 0.246. The van der Waals surface area contributed by atoms with Crippen LogP contribution in [-0.2, 0) is 11.2 Å². The molecule has 0 aliphatic rings. The fourth-order valence-corrected chi connectivity index (χ4v) is 2.44. The van der Waals surface area contributed by atoms with Crippen LogP contribution in [0.1, 0.15) is 5.56 Å². The van der Waals surface area contributed by atoms with Crippen LogP contribution in [0.25, 0.3) is 10.9 Å². The summed E-state index contributed by atoms with van der Waals surface area (Å²) in [7, 11) is 0. The highest BCUT2D eigenvalue weighted by molar-refractivity contribution is 6.01. The SMILES string of the molecule is C=CC(=O)Nc1ccc2ncnc(NCCc3ccccc3)c2c1. The first-order chi connectivity index (χ1) is 11.8. The number of amides is 1. The predicted octanol–water partition coefficient (Wildman–Crippen LogP) is 3.41. The van der Waals surface area contributed by atoms with Crippen LogP contribution in [0.15, 0.2) is 67.5 Å². The summed E-state index contributed by atoms with van der Waals surface area (Å²) in [5, 5.41) is 6.97. The number of fused-ring (bicyclic) bond motifs is 1. The molecule has 3 rings (SSSR count). The number of carbonyl (C=O) groups excluding carboxylic acids is 1. The number of aromatic nitrogens is 2. The van der Waals surface area contributed by atoms with Crippen molar-refractivity contribution in [3.05, 3.63) is 73.1 Å². The Morgan fingerprint density at radius 2 is 1.96 bits per heavy atom. The highest BCUT2D eigenvalue weighted by atomic mass is 16.1. The van der Waals surface area contributed by atoms with Gasteiger partial charge in [-0.05, 0) is 36.3 Å². The molecule has 0 saturated carbocycles. The van der Waals surface area contributed by atoms with Crippen LogP contribution in [0.5, 0.6) is 0 Å². The molecule has 0 bridgehead atoms. The van der Waals surface area contributed by atoms with Gasteiger partial charge in [0.25, 0.3) is 0 Å². The van der Waals surface area contributed by atoms with Gasteiger partial charge >= 0.3 is 0 Å². The van der Waals surface area contributed by atoms with Gasteiger partial charge < -0.3 is 10.6 Å². The van der Waals surface area contributed by atoms with Crippen molar-refractivity contribution in [1.82, 2.24) is 9.97 Å². The molecule has 0 radical (unpaired) electrons. The second-order valence-electron chi connectivity index (χ2n) is 5.31. The van der Waals surface area contributed by atoms with Gasteiger partial charge in [0.15, 0.2) is 0 Å². The van der Waals surface area contributed by atoms with Crippen molar-refractivity contribution >= 4 is 28.3 Å². The number of rotatable bonds is 6. The zero-order chi connectivity index (χ0) is 16.8. The highest BCUT2D eigenvalue weighted by Crippen LogP contribution is 2.23. The van der Waals surface area contributed by atoms with Crippen molar-refractivity contribution in [3.8, 4) is 0 Å². The van der Waals surface area contributed by atoms with Crippen molar-refractivity contribution in [1.29, 1.82) is 0 Å². The van der Waals surface area contributed by atoms with Gasteiger partial charge in [-0.1, -0.05) is 36.9 Å². The lowest BCUT2D eigenvalue weighted by Crippen LogP contribution is -2.09. The Morgan fingerprint density at radius 3 is 2.75 bits per heavy atom. The molecule has 2 aromatic carbocycles. The highest BCUT2D eigenvalue weighted by Gasteiger charge is 2.06. The maximum Gasteiger partial charge on any atom is 0.247 e. The molecule has 0 saturated heterocycles. The van der Waals surface area contributed by atoms with Crippen molar-refractivity contribution < 1.29 is 4.79 Å². The molecule has 3 aromatic rings. The van der Waals surface area contributed by atoms with Crippen LogP contribution in [0.2, 0.25) is 0 Å². The molecule has 120 valence electrons. The zero-order valence-electron chi connectivity index (χ0n) is 13.2. The Labute approximate surface area is 140 Å². The first kappa shape index (κ1) is 15.7. The second-order valence-corrected chi connectivity index (χ2v) is 5.31. The molecule has 1 heterocycles. The number of hydrogen-bond acceptors (Lipinski definition) is 4. The molecule has 1 aromatic heterocycles. The fraction of sp³-hybridized carbons (Fsp3) is 0.105. The molecule has 2 N–H and O–H groups in total. The summed E-state index contributed by atoms with van der Waals surface area (Å²) >= 11 is 0. The average molecular weight is 318 g/mol. The Kier molecular flexibility index (Phi) is 4.81. The van der Waals surface area contributed by atoms with Crippen LogP contribution in [0, 0.1) is 0 Å². The minimum atomic E-state index is -0.246. The summed E-state index contributed by atoms with van der Waals surface area (Å²) in [5.41, 5.74) is 2.78. The smallest absolute Gasteiger partial charge is 0.247 e. The quantitative estimate of drug-likeness (QED) is 0.684. The monoisotopic (exact) mass is 318 g/mol. The van der Waals surface area contributed by atoms with Crippen LogP contribution < -0.4 is 10.6 Å². The standard InChI is InChI=1S/C19H18N4O/c1-2-18(24)23-15-8-9-17-16(12-15)19(22-13-21-17)20-11-10-14-6-4-3-5-7-14/h2-9,12-13H,1,10-11H2,(H,23,24)(H,20,21,22). The molecule has 24 heavy (non-hydrogen) atoms. The number of benzene rings is 2. The van der Waals surface area contributed by atoms with Crippen molar-refractivity contribution in [2.75, 3.05) is 17.2 Å². The molecule has 0 aliphatic heterocycles. The Bertz CT molecular complexity index is 862. The number of hydrogen-bond donors (Lipinski definition) is 2. The fourth-order valence-electron chi connectivity index (χ4n) is 2.44. The first-order valence-corrected chi connectivity index (χ1v) is 7.72. The molecule has 0 unspecified atom stereocenters. The van der Waals surface area contributed by atoms with E-state index in [1.54, 1.807) is 0 Å². The Morgan fingerprint density at radius 1 is 1.12 bits per heavy atom. The average Bonchev–Trinajstić information content (AvgIpc) is 2.63. The minimum Gasteiger partial charge on any atom is -0.369 e. The van der Waals surface area contributed by atoms with Crippen molar-refractivity contribution in [3.63, 3.8) is 0 Å². The van der Waals surface area contributed by atoms with Gasteiger partial charge in [-0.25, -0.2) is 9.97 Å². The van der Waals surface area contributed by atoms with Gasteiger partial charge in [0.2, 0.25) is 5.91 Å². The van der Waals surface area contributed by atoms with E-state index in [2.05, 4.69) is 39.3 Å². The molecule has 1 amide bonds. The molecular formula is C19H18N4O. The van der Waals surface area contributed by atoms with Gasteiger partial charge in [-0.2, -0.15) is 0 Å². The molecule has 5 nitrogen and oxygen atoms in total. The van der Waals surface area contributed by atoms with E-state index in [9.17, 15) is 4.79 Å². The van der Waals surface area contributed by atoms with Crippen LogP contribution in [-0.4, -0.2) is 22.4 Å². The van der Waals surface area contributed by atoms with Gasteiger partial charge in [0.1, 0.15) is 12.1 Å². The largest absolute Gasteiger partial charge is 0.369 e. The van der Waals surface area contributed by atoms with Crippen molar-refractivity contribution in [2.24, 2.45) is 0 Å². The number of carbonyl (C=O) groups is 1. The van der Waals surface area contributed by atoms with E-state index in [-0.39, 0.29) is 5.91 Å². The zero-order valence-corrected chi connectivity index (χ0v) is 13.2. The third-order valence-corrected chi connectivity index (χ3v) is 3.64. The molecular weight excluding hydrogens is 300 g/mol. The Balaban J connectivity index is 1.77. The summed E-state index contributed by atoms with van der Waals surface area (Å²) in [6, 6.07) is 15.8. The summed E-state index contributed by atoms with van der Waals surface area (Å²) < 4.78 is 0. The lowest BCUT2D eigenvalue weighted by molar-refractivity contribution is -0.111. The number of nitrogens with zero attached hydrogens (tertiary/aromatic N) is 2. The van der Waals surface area contributed by atoms with Crippen LogP contribution in [0.3, 0.4) is 0 Å². The predicted molar refractivity (Wildman–Crippen MR) is 97.0 cm³/mol. The third-order valence-electron chi connectivity index (χ3n) is 3.64.